The van der Waals surface area contributed by atoms with Crippen LogP contribution in [0, 0.1) is 0 Å². The van der Waals surface area contributed by atoms with Gasteiger partial charge in [0.1, 0.15) is 17.2 Å². The van der Waals surface area contributed by atoms with E-state index >= 15 is 0 Å². The summed E-state index contributed by atoms with van der Waals surface area (Å²) in [5, 5.41) is 9.22. The van der Waals surface area contributed by atoms with Crippen LogP contribution in [0.25, 0.3) is 5.57 Å². The monoisotopic (exact) mass is 284 g/mol. The Kier molecular flexibility index (Phi) is 4.61. The van der Waals surface area contributed by atoms with Gasteiger partial charge in [-0.25, -0.2) is 4.79 Å². The van der Waals surface area contributed by atoms with E-state index in [-0.39, 0.29) is 11.3 Å². The first kappa shape index (κ1) is 14.7. The van der Waals surface area contributed by atoms with Crippen LogP contribution in [-0.2, 0) is 4.79 Å². The average molecular weight is 284 g/mol. The van der Waals surface area contributed by atoms with Gasteiger partial charge in [-0.1, -0.05) is 18.7 Å². The van der Waals surface area contributed by atoms with Gasteiger partial charge in [0.15, 0.2) is 0 Å². The van der Waals surface area contributed by atoms with Gasteiger partial charge in [0.2, 0.25) is 0 Å². The van der Waals surface area contributed by atoms with Crippen LogP contribution in [0.4, 0.5) is 0 Å². The van der Waals surface area contributed by atoms with E-state index in [1.807, 2.05) is 6.92 Å². The first-order valence-corrected chi connectivity index (χ1v) is 6.53. The molecule has 2 rings (SSSR count). The van der Waals surface area contributed by atoms with Gasteiger partial charge in [-0.05, 0) is 48.9 Å². The smallest absolute Gasteiger partial charge is 0.343 e. The number of ether oxygens (including phenoxy) is 2. The number of phenolic OH excluding ortho intramolecular Hbond substituents is 1. The van der Waals surface area contributed by atoms with Crippen molar-refractivity contribution >= 4 is 11.5 Å². The van der Waals surface area contributed by atoms with E-state index in [0.29, 0.717) is 17.9 Å². The molecule has 0 radical (unpaired) electrons. The van der Waals surface area contributed by atoms with Crippen molar-refractivity contribution in [1.82, 2.24) is 0 Å². The summed E-state index contributed by atoms with van der Waals surface area (Å²) in [6, 6.07) is 13.0. The second-order valence-corrected chi connectivity index (χ2v) is 4.32. The van der Waals surface area contributed by atoms with Gasteiger partial charge >= 0.3 is 5.97 Å². The summed E-state index contributed by atoms with van der Waals surface area (Å²) >= 11 is 0. The maximum atomic E-state index is 12.0. The standard InChI is InChI=1S/C17H16O4/c1-3-20-15-8-10-16(11-9-15)21-17(19)12(2)13-4-6-14(18)7-5-13/h4-11,18H,2-3H2,1H3. The van der Waals surface area contributed by atoms with E-state index in [2.05, 4.69) is 6.58 Å². The first-order valence-electron chi connectivity index (χ1n) is 6.53. The van der Waals surface area contributed by atoms with Crippen molar-refractivity contribution in [2.45, 2.75) is 6.92 Å². The molecule has 2 aromatic rings. The van der Waals surface area contributed by atoms with E-state index in [4.69, 9.17) is 9.47 Å². The van der Waals surface area contributed by atoms with Crippen LogP contribution in [0.1, 0.15) is 12.5 Å². The second-order valence-electron chi connectivity index (χ2n) is 4.32. The topological polar surface area (TPSA) is 55.8 Å². The fraction of sp³-hybridized carbons (Fsp3) is 0.118. The maximum Gasteiger partial charge on any atom is 0.343 e. The minimum Gasteiger partial charge on any atom is -0.508 e. The van der Waals surface area contributed by atoms with E-state index in [0.717, 1.165) is 5.75 Å². The number of phenols is 1. The van der Waals surface area contributed by atoms with E-state index < -0.39 is 5.97 Å². The van der Waals surface area contributed by atoms with Crippen molar-refractivity contribution in [2.75, 3.05) is 6.61 Å². The van der Waals surface area contributed by atoms with Gasteiger partial charge in [-0.3, -0.25) is 0 Å². The fourth-order valence-electron chi connectivity index (χ4n) is 1.72. The lowest BCUT2D eigenvalue weighted by Gasteiger charge is -2.08. The molecule has 0 fully saturated rings. The van der Waals surface area contributed by atoms with Crippen LogP contribution in [-0.4, -0.2) is 17.7 Å². The molecule has 0 bridgehead atoms. The van der Waals surface area contributed by atoms with Gasteiger partial charge in [-0.15, -0.1) is 0 Å². The molecular formula is C17H16O4. The van der Waals surface area contributed by atoms with Crippen LogP contribution in [0.3, 0.4) is 0 Å². The largest absolute Gasteiger partial charge is 0.508 e. The Balaban J connectivity index is 2.03. The van der Waals surface area contributed by atoms with Gasteiger partial charge in [0.25, 0.3) is 0 Å². The van der Waals surface area contributed by atoms with Crippen molar-refractivity contribution in [3.63, 3.8) is 0 Å². The third-order valence-corrected chi connectivity index (χ3v) is 2.81. The normalized spacial score (nSPS) is 9.95. The molecule has 0 unspecified atom stereocenters. The predicted molar refractivity (Wildman–Crippen MR) is 80.4 cm³/mol. The van der Waals surface area contributed by atoms with Crippen LogP contribution in [0.2, 0.25) is 0 Å². The highest BCUT2D eigenvalue weighted by Crippen LogP contribution is 2.21. The summed E-state index contributed by atoms with van der Waals surface area (Å²) in [6.45, 7) is 6.20. The summed E-state index contributed by atoms with van der Waals surface area (Å²) in [5.74, 6) is 0.731. The number of esters is 1. The lowest BCUT2D eigenvalue weighted by atomic mass is 10.1. The molecule has 0 heterocycles. The molecule has 0 aliphatic heterocycles. The summed E-state index contributed by atoms with van der Waals surface area (Å²) in [7, 11) is 0. The van der Waals surface area contributed by atoms with Crippen molar-refractivity contribution in [1.29, 1.82) is 0 Å². The maximum absolute atomic E-state index is 12.0. The van der Waals surface area contributed by atoms with Crippen molar-refractivity contribution in [3.8, 4) is 17.2 Å². The number of carbonyl (C=O) groups is 1. The molecule has 4 nitrogen and oxygen atoms in total. The highest BCUT2D eigenvalue weighted by molar-refractivity contribution is 6.16. The van der Waals surface area contributed by atoms with Gasteiger partial charge in [-0.2, -0.15) is 0 Å². The zero-order chi connectivity index (χ0) is 15.2. The van der Waals surface area contributed by atoms with Crippen LogP contribution in [0.15, 0.2) is 55.1 Å². The van der Waals surface area contributed by atoms with Crippen molar-refractivity contribution < 1.29 is 19.4 Å². The quantitative estimate of drug-likeness (QED) is 0.519. The van der Waals surface area contributed by atoms with Crippen LogP contribution < -0.4 is 9.47 Å². The fourth-order valence-corrected chi connectivity index (χ4v) is 1.72. The molecule has 0 saturated heterocycles. The number of hydrogen-bond acceptors (Lipinski definition) is 4. The number of hydrogen-bond donors (Lipinski definition) is 1. The molecule has 1 N–H and O–H groups in total. The lowest BCUT2D eigenvalue weighted by Crippen LogP contribution is -2.09. The number of benzene rings is 2. The van der Waals surface area contributed by atoms with Crippen molar-refractivity contribution in [2.24, 2.45) is 0 Å². The van der Waals surface area contributed by atoms with E-state index in [1.54, 1.807) is 36.4 Å². The van der Waals surface area contributed by atoms with Gasteiger partial charge in [0.05, 0.1) is 12.2 Å². The summed E-state index contributed by atoms with van der Waals surface area (Å²) < 4.78 is 10.5. The van der Waals surface area contributed by atoms with Crippen LogP contribution >= 0.6 is 0 Å². The minimum atomic E-state index is -0.537. The SMILES string of the molecule is C=C(C(=O)Oc1ccc(OCC)cc1)c1ccc(O)cc1. The molecule has 0 saturated carbocycles. The third kappa shape index (κ3) is 3.86. The molecular weight excluding hydrogens is 268 g/mol. The zero-order valence-electron chi connectivity index (χ0n) is 11.7. The van der Waals surface area contributed by atoms with Gasteiger partial charge < -0.3 is 14.6 Å². The van der Waals surface area contributed by atoms with E-state index in [1.165, 1.54) is 12.1 Å². The van der Waals surface area contributed by atoms with Crippen molar-refractivity contribution in [3.05, 3.63) is 60.7 Å². The predicted octanol–water partition coefficient (Wildman–Crippen LogP) is 3.41. The Labute approximate surface area is 123 Å². The Morgan fingerprint density at radius 3 is 2.19 bits per heavy atom. The minimum absolute atomic E-state index is 0.131. The van der Waals surface area contributed by atoms with Crippen LogP contribution in [0.5, 0.6) is 17.2 Å². The Hall–Kier alpha value is -2.75. The molecule has 4 heteroatoms. The number of rotatable bonds is 5. The molecule has 21 heavy (non-hydrogen) atoms. The average Bonchev–Trinajstić information content (AvgIpc) is 2.49. The molecule has 0 aliphatic rings. The molecule has 0 aromatic heterocycles. The second kappa shape index (κ2) is 6.61. The molecule has 0 aliphatic carbocycles. The summed E-state index contributed by atoms with van der Waals surface area (Å²) in [6.07, 6.45) is 0. The third-order valence-electron chi connectivity index (χ3n) is 2.81. The van der Waals surface area contributed by atoms with Gasteiger partial charge in [0, 0.05) is 0 Å². The summed E-state index contributed by atoms with van der Waals surface area (Å²) in [5.41, 5.74) is 0.827. The number of aromatic hydroxyl groups is 1. The first-order chi connectivity index (χ1) is 10.1. The lowest BCUT2D eigenvalue weighted by molar-refractivity contribution is -0.127. The highest BCUT2D eigenvalue weighted by atomic mass is 16.5. The Morgan fingerprint density at radius 1 is 1.05 bits per heavy atom. The molecule has 108 valence electrons. The number of carbonyl (C=O) groups excluding carboxylic acids is 1. The zero-order valence-corrected chi connectivity index (χ0v) is 11.7. The van der Waals surface area contributed by atoms with E-state index in [9.17, 15) is 9.90 Å². The summed E-state index contributed by atoms with van der Waals surface area (Å²) in [4.78, 5) is 12.0. The molecule has 0 amide bonds. The highest BCUT2D eigenvalue weighted by Gasteiger charge is 2.12. The molecule has 0 spiro atoms. The molecule has 2 aromatic carbocycles. The Morgan fingerprint density at radius 2 is 1.62 bits per heavy atom. The molecule has 0 atom stereocenters. The Bertz CT molecular complexity index is 627.